The zero-order chi connectivity index (χ0) is 18.8. The van der Waals surface area contributed by atoms with Gasteiger partial charge in [-0.05, 0) is 44.2 Å². The number of carbonyl (C=O) groups excluding carboxylic acids is 1. The van der Waals surface area contributed by atoms with Crippen molar-refractivity contribution in [3.8, 4) is 5.75 Å². The molecule has 0 saturated carbocycles. The first-order valence-electron chi connectivity index (χ1n) is 9.36. The fourth-order valence-electron chi connectivity index (χ4n) is 3.62. The van der Waals surface area contributed by atoms with Gasteiger partial charge in [-0.3, -0.25) is 4.79 Å². The first kappa shape index (κ1) is 17.9. The zero-order valence-corrected chi connectivity index (χ0v) is 15.3. The predicted molar refractivity (Wildman–Crippen MR) is 97.9 cm³/mol. The van der Waals surface area contributed by atoms with Crippen molar-refractivity contribution in [2.24, 2.45) is 0 Å². The van der Waals surface area contributed by atoms with Crippen LogP contribution in [0.3, 0.4) is 0 Å². The molecule has 2 aliphatic heterocycles. The zero-order valence-electron chi connectivity index (χ0n) is 15.3. The molecule has 2 atom stereocenters. The topological polar surface area (TPSA) is 67.3 Å². The van der Waals surface area contributed by atoms with Crippen LogP contribution >= 0.6 is 0 Å². The molecule has 7 heteroatoms. The molecule has 3 heterocycles. The van der Waals surface area contributed by atoms with Crippen LogP contribution in [-0.2, 0) is 17.8 Å². The molecule has 1 N–H and O–H groups in total. The van der Waals surface area contributed by atoms with E-state index >= 15 is 0 Å². The Morgan fingerprint density at radius 1 is 1.37 bits per heavy atom. The number of carbonyl (C=O) groups is 1. The maximum absolute atomic E-state index is 13.0. The van der Waals surface area contributed by atoms with E-state index in [0.717, 1.165) is 43.0 Å². The maximum Gasteiger partial charge on any atom is 0.263 e. The number of nitrogens with one attached hydrogen (secondary N) is 1. The molecule has 1 saturated heterocycles. The second-order valence-corrected chi connectivity index (χ2v) is 7.11. The summed E-state index contributed by atoms with van der Waals surface area (Å²) in [5, 5.41) is 3.34. The summed E-state index contributed by atoms with van der Waals surface area (Å²) in [7, 11) is 0. The molecule has 2 aromatic rings. The SMILES string of the molecule is C[C@H](Oc1ccc(F)cc1)C(=O)N1CCc2nc([C@@H]3CCNC3)ncc2C1. The molecule has 2 aliphatic rings. The highest BCUT2D eigenvalue weighted by molar-refractivity contribution is 5.81. The van der Waals surface area contributed by atoms with E-state index in [1.165, 1.54) is 24.3 Å². The summed E-state index contributed by atoms with van der Waals surface area (Å²) in [6, 6.07) is 5.69. The third-order valence-electron chi connectivity index (χ3n) is 5.16. The van der Waals surface area contributed by atoms with Crippen molar-refractivity contribution in [1.29, 1.82) is 0 Å². The largest absolute Gasteiger partial charge is 0.481 e. The van der Waals surface area contributed by atoms with E-state index in [2.05, 4.69) is 10.3 Å². The summed E-state index contributed by atoms with van der Waals surface area (Å²) in [5.41, 5.74) is 2.04. The molecule has 0 unspecified atom stereocenters. The van der Waals surface area contributed by atoms with Crippen molar-refractivity contribution in [2.45, 2.75) is 38.3 Å². The first-order chi connectivity index (χ1) is 13.1. The normalized spacial score (nSPS) is 20.2. The molecule has 0 bridgehead atoms. The Kier molecular flexibility index (Phi) is 5.03. The number of ether oxygens (including phenoxy) is 1. The van der Waals surface area contributed by atoms with Crippen LogP contribution in [0.5, 0.6) is 5.75 Å². The maximum atomic E-state index is 13.0. The molecule has 1 amide bonds. The van der Waals surface area contributed by atoms with Gasteiger partial charge in [0.1, 0.15) is 17.4 Å². The highest BCUT2D eigenvalue weighted by atomic mass is 19.1. The standard InChI is InChI=1S/C20H23FN4O2/c1-13(27-17-4-2-16(21)3-5-17)20(26)25-9-7-18-15(12-25)11-23-19(24-18)14-6-8-22-10-14/h2-5,11,13-14,22H,6-10,12H2,1H3/t13-,14+/m0/s1. The quantitative estimate of drug-likeness (QED) is 0.892. The van der Waals surface area contributed by atoms with Gasteiger partial charge in [-0.2, -0.15) is 0 Å². The monoisotopic (exact) mass is 370 g/mol. The molecular formula is C20H23FN4O2. The van der Waals surface area contributed by atoms with Gasteiger partial charge in [-0.25, -0.2) is 14.4 Å². The minimum atomic E-state index is -0.637. The second kappa shape index (κ2) is 7.60. The van der Waals surface area contributed by atoms with Gasteiger partial charge < -0.3 is 15.0 Å². The average Bonchev–Trinajstić information content (AvgIpc) is 3.23. The van der Waals surface area contributed by atoms with Gasteiger partial charge in [0.05, 0.1) is 5.69 Å². The minimum absolute atomic E-state index is 0.0888. The molecular weight excluding hydrogens is 347 g/mol. The van der Waals surface area contributed by atoms with E-state index in [4.69, 9.17) is 9.72 Å². The smallest absolute Gasteiger partial charge is 0.263 e. The minimum Gasteiger partial charge on any atom is -0.481 e. The molecule has 4 rings (SSSR count). The van der Waals surface area contributed by atoms with Gasteiger partial charge in [0.15, 0.2) is 6.10 Å². The molecule has 0 spiro atoms. The van der Waals surface area contributed by atoms with Gasteiger partial charge >= 0.3 is 0 Å². The van der Waals surface area contributed by atoms with Crippen molar-refractivity contribution in [3.05, 3.63) is 53.4 Å². The van der Waals surface area contributed by atoms with Crippen LogP contribution in [0.15, 0.2) is 30.5 Å². The van der Waals surface area contributed by atoms with Gasteiger partial charge in [0.25, 0.3) is 5.91 Å². The molecule has 1 aromatic heterocycles. The van der Waals surface area contributed by atoms with E-state index in [1.54, 1.807) is 11.8 Å². The summed E-state index contributed by atoms with van der Waals surface area (Å²) in [4.78, 5) is 23.8. The van der Waals surface area contributed by atoms with Crippen LogP contribution in [0.2, 0.25) is 0 Å². The third kappa shape index (κ3) is 3.93. The molecule has 142 valence electrons. The molecule has 0 radical (unpaired) electrons. The van der Waals surface area contributed by atoms with Crippen LogP contribution < -0.4 is 10.1 Å². The average molecular weight is 370 g/mol. The van der Waals surface area contributed by atoms with Gasteiger partial charge in [0, 0.05) is 43.7 Å². The number of amides is 1. The lowest BCUT2D eigenvalue weighted by Gasteiger charge is -2.30. The second-order valence-electron chi connectivity index (χ2n) is 7.11. The van der Waals surface area contributed by atoms with Crippen molar-refractivity contribution in [2.75, 3.05) is 19.6 Å². The Bertz CT molecular complexity index is 821. The number of aromatic nitrogens is 2. The lowest BCUT2D eigenvalue weighted by molar-refractivity contribution is -0.138. The summed E-state index contributed by atoms with van der Waals surface area (Å²) < 4.78 is 18.7. The summed E-state index contributed by atoms with van der Waals surface area (Å²) in [6.07, 6.45) is 3.02. The van der Waals surface area contributed by atoms with Crippen molar-refractivity contribution in [3.63, 3.8) is 0 Å². The molecule has 6 nitrogen and oxygen atoms in total. The van der Waals surface area contributed by atoms with E-state index in [-0.39, 0.29) is 11.7 Å². The molecule has 27 heavy (non-hydrogen) atoms. The molecule has 0 aliphatic carbocycles. The number of hydrogen-bond donors (Lipinski definition) is 1. The fraction of sp³-hybridized carbons (Fsp3) is 0.450. The number of benzene rings is 1. The lowest BCUT2D eigenvalue weighted by atomic mass is 10.0. The van der Waals surface area contributed by atoms with E-state index in [9.17, 15) is 9.18 Å². The molecule has 1 fully saturated rings. The number of fused-ring (bicyclic) bond motifs is 1. The Morgan fingerprint density at radius 3 is 2.93 bits per heavy atom. The van der Waals surface area contributed by atoms with Crippen molar-refractivity contribution < 1.29 is 13.9 Å². The van der Waals surface area contributed by atoms with E-state index < -0.39 is 6.10 Å². The van der Waals surface area contributed by atoms with E-state index in [0.29, 0.717) is 24.8 Å². The molecule has 1 aromatic carbocycles. The highest BCUT2D eigenvalue weighted by Gasteiger charge is 2.28. The van der Waals surface area contributed by atoms with Crippen molar-refractivity contribution >= 4 is 5.91 Å². The summed E-state index contributed by atoms with van der Waals surface area (Å²) >= 11 is 0. The number of nitrogens with zero attached hydrogens (tertiary/aromatic N) is 3. The Morgan fingerprint density at radius 2 is 2.19 bits per heavy atom. The van der Waals surface area contributed by atoms with Crippen LogP contribution in [0.4, 0.5) is 4.39 Å². The van der Waals surface area contributed by atoms with Crippen LogP contribution in [0.1, 0.15) is 36.3 Å². The number of halogens is 1. The van der Waals surface area contributed by atoms with Gasteiger partial charge in [-0.1, -0.05) is 0 Å². The first-order valence-corrected chi connectivity index (χ1v) is 9.36. The Hall–Kier alpha value is -2.54. The Balaban J connectivity index is 1.40. The van der Waals surface area contributed by atoms with Crippen LogP contribution in [0, 0.1) is 5.82 Å². The summed E-state index contributed by atoms with van der Waals surface area (Å²) in [6.45, 7) is 4.77. The highest BCUT2D eigenvalue weighted by Crippen LogP contribution is 2.23. The lowest BCUT2D eigenvalue weighted by Crippen LogP contribution is -2.43. The Labute approximate surface area is 157 Å². The van der Waals surface area contributed by atoms with Crippen molar-refractivity contribution in [1.82, 2.24) is 20.2 Å². The van der Waals surface area contributed by atoms with Crippen LogP contribution in [-0.4, -0.2) is 46.5 Å². The van der Waals surface area contributed by atoms with E-state index in [1.807, 2.05) is 6.20 Å². The summed E-state index contributed by atoms with van der Waals surface area (Å²) in [5.74, 6) is 1.36. The number of rotatable bonds is 4. The van der Waals surface area contributed by atoms with Crippen LogP contribution in [0.25, 0.3) is 0 Å². The van der Waals surface area contributed by atoms with Gasteiger partial charge in [-0.15, -0.1) is 0 Å². The fourth-order valence-corrected chi connectivity index (χ4v) is 3.62. The predicted octanol–water partition coefficient (Wildman–Crippen LogP) is 2.04. The third-order valence-corrected chi connectivity index (χ3v) is 5.16. The number of hydrogen-bond acceptors (Lipinski definition) is 5. The van der Waals surface area contributed by atoms with Gasteiger partial charge in [0.2, 0.25) is 0 Å².